The van der Waals surface area contributed by atoms with Crippen LogP contribution in [0.15, 0.2) is 65.7 Å². The number of anilines is 1. The van der Waals surface area contributed by atoms with Gasteiger partial charge < -0.3 is 10.6 Å². The van der Waals surface area contributed by atoms with Gasteiger partial charge in [0.15, 0.2) is 0 Å². The molecule has 0 fully saturated rings. The molecule has 0 aliphatic rings. The first-order valence-electron chi connectivity index (χ1n) is 7.90. The number of carbonyl (C=O) groups is 2. The van der Waals surface area contributed by atoms with Crippen LogP contribution in [0, 0.1) is 0 Å². The topological polar surface area (TPSA) is 88.9 Å². The Labute approximate surface area is 158 Å². The Morgan fingerprint density at radius 3 is 2.42 bits per heavy atom. The third-order valence-electron chi connectivity index (χ3n) is 3.58. The van der Waals surface area contributed by atoms with E-state index in [1.54, 1.807) is 47.4 Å². The van der Waals surface area contributed by atoms with Gasteiger partial charge in [-0.2, -0.15) is 5.10 Å². The molecule has 3 aromatic rings. The molecule has 3 rings (SSSR count). The van der Waals surface area contributed by atoms with Gasteiger partial charge in [-0.1, -0.05) is 15.9 Å². The fourth-order valence-electron chi connectivity index (χ4n) is 2.26. The van der Waals surface area contributed by atoms with E-state index in [2.05, 4.69) is 36.6 Å². The molecule has 7 nitrogen and oxygen atoms in total. The Morgan fingerprint density at radius 1 is 1.04 bits per heavy atom. The van der Waals surface area contributed by atoms with Crippen LogP contribution in [0.25, 0.3) is 5.69 Å². The molecule has 0 aliphatic heterocycles. The number of halogens is 1. The third-order valence-corrected chi connectivity index (χ3v) is 4.11. The van der Waals surface area contributed by atoms with Gasteiger partial charge in [-0.05, 0) is 48.5 Å². The van der Waals surface area contributed by atoms with Crippen LogP contribution in [0.2, 0.25) is 0 Å². The zero-order chi connectivity index (χ0) is 18.4. The SMILES string of the molecule is O=C(CCNC(=O)c1ccc(-n2cncn2)cc1)Nc1ccc(Br)cc1. The molecule has 0 spiro atoms. The maximum absolute atomic E-state index is 12.1. The first-order valence-corrected chi connectivity index (χ1v) is 8.70. The molecular weight excluding hydrogens is 398 g/mol. The Hall–Kier alpha value is -3.00. The maximum atomic E-state index is 12.1. The van der Waals surface area contributed by atoms with Crippen molar-refractivity contribution in [3.8, 4) is 5.69 Å². The lowest BCUT2D eigenvalue weighted by atomic mass is 10.2. The van der Waals surface area contributed by atoms with Gasteiger partial charge in [0.05, 0.1) is 5.69 Å². The molecule has 0 unspecified atom stereocenters. The molecular formula is C18H16BrN5O2. The lowest BCUT2D eigenvalue weighted by Crippen LogP contribution is -2.27. The lowest BCUT2D eigenvalue weighted by molar-refractivity contribution is -0.116. The number of benzene rings is 2. The largest absolute Gasteiger partial charge is 0.352 e. The minimum atomic E-state index is -0.230. The van der Waals surface area contributed by atoms with Crippen LogP contribution < -0.4 is 10.6 Å². The average Bonchev–Trinajstić information content (AvgIpc) is 3.18. The maximum Gasteiger partial charge on any atom is 0.251 e. The Balaban J connectivity index is 1.46. The monoisotopic (exact) mass is 413 g/mol. The molecule has 1 heterocycles. The molecule has 0 saturated carbocycles. The van der Waals surface area contributed by atoms with Gasteiger partial charge in [-0.15, -0.1) is 0 Å². The molecule has 0 aliphatic carbocycles. The molecule has 0 bridgehead atoms. The molecule has 0 saturated heterocycles. The van der Waals surface area contributed by atoms with E-state index in [1.807, 2.05) is 12.1 Å². The third kappa shape index (κ3) is 4.76. The highest BCUT2D eigenvalue weighted by Gasteiger charge is 2.08. The van der Waals surface area contributed by atoms with Crippen molar-refractivity contribution in [2.24, 2.45) is 0 Å². The summed E-state index contributed by atoms with van der Waals surface area (Å²) in [6, 6.07) is 14.3. The molecule has 1 aromatic heterocycles. The van der Waals surface area contributed by atoms with E-state index in [9.17, 15) is 9.59 Å². The molecule has 2 N–H and O–H groups in total. The second-order valence-corrected chi connectivity index (χ2v) is 6.36. The number of rotatable bonds is 6. The predicted octanol–water partition coefficient (Wildman–Crippen LogP) is 2.79. The van der Waals surface area contributed by atoms with Crippen molar-refractivity contribution >= 4 is 33.4 Å². The van der Waals surface area contributed by atoms with Crippen molar-refractivity contribution in [1.82, 2.24) is 20.1 Å². The summed E-state index contributed by atoms with van der Waals surface area (Å²) in [4.78, 5) is 27.9. The molecule has 132 valence electrons. The lowest BCUT2D eigenvalue weighted by Gasteiger charge is -2.07. The van der Waals surface area contributed by atoms with Crippen molar-refractivity contribution in [2.75, 3.05) is 11.9 Å². The van der Waals surface area contributed by atoms with Crippen LogP contribution in [0.1, 0.15) is 16.8 Å². The van der Waals surface area contributed by atoms with E-state index in [0.29, 0.717) is 11.3 Å². The van der Waals surface area contributed by atoms with Crippen LogP contribution in [-0.2, 0) is 4.79 Å². The van der Waals surface area contributed by atoms with Crippen molar-refractivity contribution in [3.05, 3.63) is 71.2 Å². The van der Waals surface area contributed by atoms with Gasteiger partial charge in [-0.3, -0.25) is 9.59 Å². The van der Waals surface area contributed by atoms with Gasteiger partial charge in [0, 0.05) is 28.7 Å². The number of amides is 2. The van der Waals surface area contributed by atoms with Crippen molar-refractivity contribution in [3.63, 3.8) is 0 Å². The summed E-state index contributed by atoms with van der Waals surface area (Å²) < 4.78 is 2.55. The first-order chi connectivity index (χ1) is 12.6. The minimum absolute atomic E-state index is 0.158. The van der Waals surface area contributed by atoms with Crippen LogP contribution in [-0.4, -0.2) is 33.1 Å². The van der Waals surface area contributed by atoms with Crippen molar-refractivity contribution in [1.29, 1.82) is 0 Å². The first kappa shape index (κ1) is 17.8. The minimum Gasteiger partial charge on any atom is -0.352 e. The van der Waals surface area contributed by atoms with Crippen LogP contribution in [0.5, 0.6) is 0 Å². The van der Waals surface area contributed by atoms with Gasteiger partial charge in [-0.25, -0.2) is 9.67 Å². The predicted molar refractivity (Wildman–Crippen MR) is 101 cm³/mol. The second kappa shape index (κ2) is 8.39. The van der Waals surface area contributed by atoms with E-state index in [1.165, 1.54) is 6.33 Å². The van der Waals surface area contributed by atoms with Gasteiger partial charge in [0.2, 0.25) is 5.91 Å². The molecule has 2 amide bonds. The highest BCUT2D eigenvalue weighted by molar-refractivity contribution is 9.10. The fraction of sp³-hybridized carbons (Fsp3) is 0.111. The number of carbonyl (C=O) groups excluding carboxylic acids is 2. The highest BCUT2D eigenvalue weighted by Crippen LogP contribution is 2.14. The summed E-state index contributed by atoms with van der Waals surface area (Å²) in [7, 11) is 0. The number of nitrogens with zero attached hydrogens (tertiary/aromatic N) is 3. The van der Waals surface area contributed by atoms with Gasteiger partial charge in [0.1, 0.15) is 12.7 Å². The number of nitrogens with one attached hydrogen (secondary N) is 2. The standard InChI is InChI=1S/C18H16BrN5O2/c19-14-3-5-15(6-4-14)23-17(25)9-10-21-18(26)13-1-7-16(8-2-13)24-12-20-11-22-24/h1-8,11-12H,9-10H2,(H,21,26)(H,23,25). The number of aromatic nitrogens is 3. The van der Waals surface area contributed by atoms with E-state index < -0.39 is 0 Å². The summed E-state index contributed by atoms with van der Waals surface area (Å²) in [5.41, 5.74) is 2.04. The Bertz CT molecular complexity index is 877. The molecule has 0 atom stereocenters. The summed E-state index contributed by atoms with van der Waals surface area (Å²) in [6.07, 6.45) is 3.22. The van der Waals surface area contributed by atoms with Crippen LogP contribution >= 0.6 is 15.9 Å². The van der Waals surface area contributed by atoms with E-state index in [4.69, 9.17) is 0 Å². The summed E-state index contributed by atoms with van der Waals surface area (Å²) in [6.45, 7) is 0.256. The van der Waals surface area contributed by atoms with Gasteiger partial charge in [0.25, 0.3) is 5.91 Å². The summed E-state index contributed by atoms with van der Waals surface area (Å²) in [5.74, 6) is -0.388. The number of hydrogen-bond donors (Lipinski definition) is 2. The van der Waals surface area contributed by atoms with E-state index >= 15 is 0 Å². The molecule has 26 heavy (non-hydrogen) atoms. The van der Waals surface area contributed by atoms with E-state index in [-0.39, 0.29) is 24.8 Å². The quantitative estimate of drug-likeness (QED) is 0.649. The Morgan fingerprint density at radius 2 is 1.77 bits per heavy atom. The van der Waals surface area contributed by atoms with E-state index in [0.717, 1.165) is 10.2 Å². The summed E-state index contributed by atoms with van der Waals surface area (Å²) in [5, 5.41) is 9.54. The number of hydrogen-bond acceptors (Lipinski definition) is 4. The Kier molecular flexibility index (Phi) is 5.75. The smallest absolute Gasteiger partial charge is 0.251 e. The van der Waals surface area contributed by atoms with Crippen molar-refractivity contribution in [2.45, 2.75) is 6.42 Å². The average molecular weight is 414 g/mol. The normalized spacial score (nSPS) is 10.3. The van der Waals surface area contributed by atoms with Gasteiger partial charge >= 0.3 is 0 Å². The zero-order valence-electron chi connectivity index (χ0n) is 13.7. The zero-order valence-corrected chi connectivity index (χ0v) is 15.3. The summed E-state index contributed by atoms with van der Waals surface area (Å²) >= 11 is 3.34. The molecule has 8 heteroatoms. The highest BCUT2D eigenvalue weighted by atomic mass is 79.9. The van der Waals surface area contributed by atoms with Crippen LogP contribution in [0.3, 0.4) is 0 Å². The fourth-order valence-corrected chi connectivity index (χ4v) is 2.52. The van der Waals surface area contributed by atoms with Crippen LogP contribution in [0.4, 0.5) is 5.69 Å². The van der Waals surface area contributed by atoms with Crippen molar-refractivity contribution < 1.29 is 9.59 Å². The molecule has 2 aromatic carbocycles. The second-order valence-electron chi connectivity index (χ2n) is 5.45. The molecule has 0 radical (unpaired) electrons.